The summed E-state index contributed by atoms with van der Waals surface area (Å²) in [5.41, 5.74) is 1.37. The summed E-state index contributed by atoms with van der Waals surface area (Å²) in [5, 5.41) is 27.1. The third-order valence-corrected chi connectivity index (χ3v) is 8.05. The largest absolute Gasteiger partial charge is 0.502 e. The summed E-state index contributed by atoms with van der Waals surface area (Å²) >= 11 is 0. The van der Waals surface area contributed by atoms with Crippen LogP contribution in [0.4, 0.5) is 0 Å². The van der Waals surface area contributed by atoms with E-state index in [1.54, 1.807) is 24.3 Å². The van der Waals surface area contributed by atoms with Gasteiger partial charge in [0.05, 0.1) is 40.3 Å². The Labute approximate surface area is 235 Å². The van der Waals surface area contributed by atoms with E-state index in [-0.39, 0.29) is 71.2 Å². The van der Waals surface area contributed by atoms with Gasteiger partial charge in [0, 0.05) is 12.1 Å². The average Bonchev–Trinajstić information content (AvgIpc) is 2.91. The van der Waals surface area contributed by atoms with Crippen molar-refractivity contribution in [2.45, 2.75) is 63.5 Å². The molecular formula is C30H40N2O8. The summed E-state index contributed by atoms with van der Waals surface area (Å²) in [6.45, 7) is 0. The molecule has 2 amide bonds. The summed E-state index contributed by atoms with van der Waals surface area (Å²) in [6.07, 6.45) is 6.16. The van der Waals surface area contributed by atoms with Gasteiger partial charge in [0.25, 0.3) is 0 Å². The second-order valence-electron chi connectivity index (χ2n) is 10.6. The van der Waals surface area contributed by atoms with Gasteiger partial charge in [-0.05, 0) is 86.8 Å². The fraction of sp³-hybridized carbons (Fsp3) is 0.533. The van der Waals surface area contributed by atoms with E-state index in [2.05, 4.69) is 10.6 Å². The molecular weight excluding hydrogens is 516 g/mol. The van der Waals surface area contributed by atoms with E-state index in [0.29, 0.717) is 11.1 Å². The molecule has 0 spiro atoms. The van der Waals surface area contributed by atoms with Crippen molar-refractivity contribution in [1.29, 1.82) is 0 Å². The summed E-state index contributed by atoms with van der Waals surface area (Å²) in [7, 11) is 5.78. The van der Waals surface area contributed by atoms with Crippen molar-refractivity contribution in [3.63, 3.8) is 0 Å². The minimum atomic E-state index is -0.745. The Hall–Kier alpha value is -3.82. The van der Waals surface area contributed by atoms with E-state index in [1.807, 2.05) is 0 Å². The molecule has 2 atom stereocenters. The molecule has 2 aromatic rings. The van der Waals surface area contributed by atoms with Crippen LogP contribution in [0.1, 0.15) is 49.7 Å². The molecule has 40 heavy (non-hydrogen) atoms. The third kappa shape index (κ3) is 6.48. The van der Waals surface area contributed by atoms with Gasteiger partial charge in [-0.25, -0.2) is 0 Å². The fourth-order valence-electron chi connectivity index (χ4n) is 5.20. The first kappa shape index (κ1) is 29.2. The maximum atomic E-state index is 13.8. The minimum Gasteiger partial charge on any atom is -0.502 e. The van der Waals surface area contributed by atoms with E-state index in [1.165, 1.54) is 28.4 Å². The van der Waals surface area contributed by atoms with Gasteiger partial charge in [-0.15, -0.1) is 0 Å². The predicted molar refractivity (Wildman–Crippen MR) is 148 cm³/mol. The Balaban J connectivity index is 1.74. The number of carbonyl (C=O) groups excluding carboxylic acids is 2. The molecule has 0 heterocycles. The molecule has 4 rings (SSSR count). The topological polar surface area (TPSA) is 136 Å². The first-order valence-corrected chi connectivity index (χ1v) is 13.8. The van der Waals surface area contributed by atoms with Gasteiger partial charge in [-0.2, -0.15) is 0 Å². The first-order valence-electron chi connectivity index (χ1n) is 13.8. The number of methoxy groups -OCH3 is 4. The number of nitrogens with one attached hydrogen (secondary N) is 2. The Bertz CT molecular complexity index is 1060. The van der Waals surface area contributed by atoms with E-state index in [0.717, 1.165) is 38.5 Å². The highest BCUT2D eigenvalue weighted by atomic mass is 16.5. The van der Waals surface area contributed by atoms with Crippen molar-refractivity contribution in [3.8, 4) is 34.5 Å². The summed E-state index contributed by atoms with van der Waals surface area (Å²) in [6, 6.07) is 6.82. The highest BCUT2D eigenvalue weighted by Crippen LogP contribution is 2.40. The fourth-order valence-corrected chi connectivity index (χ4v) is 5.20. The predicted octanol–water partition coefficient (Wildman–Crippen LogP) is 3.49. The SMILES string of the molecule is COc1cc(C[C@H](C(=O)NC2CCC2)[C@@H](Cc2cc(OC)c(O)c(OC)c2)C(=O)NC2CCC2)cc(OC)c1O. The molecule has 2 aliphatic carbocycles. The maximum Gasteiger partial charge on any atom is 0.224 e. The summed E-state index contributed by atoms with van der Waals surface area (Å²) in [4.78, 5) is 27.7. The van der Waals surface area contributed by atoms with Crippen LogP contribution in [0.25, 0.3) is 0 Å². The molecule has 0 bridgehead atoms. The van der Waals surface area contributed by atoms with Crippen molar-refractivity contribution >= 4 is 11.8 Å². The third-order valence-electron chi connectivity index (χ3n) is 8.05. The Morgan fingerprint density at radius 1 is 0.675 bits per heavy atom. The molecule has 0 radical (unpaired) electrons. The smallest absolute Gasteiger partial charge is 0.224 e. The number of benzene rings is 2. The van der Waals surface area contributed by atoms with Crippen molar-refractivity contribution in [2.24, 2.45) is 11.8 Å². The molecule has 0 unspecified atom stereocenters. The van der Waals surface area contributed by atoms with E-state index >= 15 is 0 Å². The van der Waals surface area contributed by atoms with Gasteiger partial charge in [0.15, 0.2) is 23.0 Å². The Morgan fingerprint density at radius 2 is 0.975 bits per heavy atom. The minimum absolute atomic E-state index is 0.0862. The number of ether oxygens (including phenoxy) is 4. The zero-order chi connectivity index (χ0) is 28.8. The average molecular weight is 557 g/mol. The number of rotatable bonds is 13. The molecule has 2 aromatic carbocycles. The first-order chi connectivity index (χ1) is 19.3. The van der Waals surface area contributed by atoms with Crippen molar-refractivity contribution in [3.05, 3.63) is 35.4 Å². The van der Waals surface area contributed by atoms with Gasteiger partial charge < -0.3 is 39.8 Å². The van der Waals surface area contributed by atoms with Crippen LogP contribution < -0.4 is 29.6 Å². The number of aromatic hydroxyl groups is 2. The lowest BCUT2D eigenvalue weighted by molar-refractivity contribution is -0.136. The molecule has 2 fully saturated rings. The molecule has 2 aliphatic rings. The van der Waals surface area contributed by atoms with Crippen LogP contribution in [0, 0.1) is 11.8 Å². The van der Waals surface area contributed by atoms with E-state index < -0.39 is 11.8 Å². The van der Waals surface area contributed by atoms with Crippen molar-refractivity contribution in [2.75, 3.05) is 28.4 Å². The highest BCUT2D eigenvalue weighted by Gasteiger charge is 2.37. The van der Waals surface area contributed by atoms with Gasteiger partial charge in [0.1, 0.15) is 0 Å². The second-order valence-corrected chi connectivity index (χ2v) is 10.6. The van der Waals surface area contributed by atoms with Crippen LogP contribution in [-0.4, -0.2) is 62.6 Å². The van der Waals surface area contributed by atoms with Crippen molar-refractivity contribution in [1.82, 2.24) is 10.6 Å². The number of hydrogen-bond acceptors (Lipinski definition) is 8. The van der Waals surface area contributed by atoms with Crippen LogP contribution in [0.2, 0.25) is 0 Å². The van der Waals surface area contributed by atoms with Crippen LogP contribution in [0.3, 0.4) is 0 Å². The molecule has 10 nitrogen and oxygen atoms in total. The summed E-state index contributed by atoms with van der Waals surface area (Å²) < 4.78 is 21.4. The number of amides is 2. The monoisotopic (exact) mass is 556 g/mol. The summed E-state index contributed by atoms with van der Waals surface area (Å²) in [5.74, 6) is -1.29. The van der Waals surface area contributed by atoms with Gasteiger partial charge in [0.2, 0.25) is 23.3 Å². The normalized spacial score (nSPS) is 16.6. The van der Waals surface area contributed by atoms with Gasteiger partial charge in [-0.3, -0.25) is 9.59 Å². The number of phenolic OH excluding ortho intramolecular Hbond substituents is 2. The van der Waals surface area contributed by atoms with Crippen LogP contribution in [0.5, 0.6) is 34.5 Å². The zero-order valence-corrected chi connectivity index (χ0v) is 23.6. The molecule has 4 N–H and O–H groups in total. The van der Waals surface area contributed by atoms with E-state index in [4.69, 9.17) is 18.9 Å². The zero-order valence-electron chi connectivity index (χ0n) is 23.6. The lowest BCUT2D eigenvalue weighted by atomic mass is 9.80. The van der Waals surface area contributed by atoms with E-state index in [9.17, 15) is 19.8 Å². The van der Waals surface area contributed by atoms with Crippen LogP contribution in [-0.2, 0) is 22.4 Å². The lowest BCUT2D eigenvalue weighted by Gasteiger charge is -2.34. The molecule has 0 aliphatic heterocycles. The standard InChI is InChI=1S/C30H40N2O8/c1-37-23-13-17(14-24(38-2)27(23)33)11-21(29(35)31-19-7-5-8-19)22(30(36)32-20-9-6-10-20)12-18-15-25(39-3)28(34)26(16-18)40-4/h13-16,19-22,33-34H,5-12H2,1-4H3,(H,31,35)(H,32,36)/t21-,22+. The molecule has 218 valence electrons. The molecule has 2 saturated carbocycles. The number of hydrogen-bond donors (Lipinski definition) is 4. The second kappa shape index (κ2) is 13.0. The maximum absolute atomic E-state index is 13.8. The Morgan fingerprint density at radius 3 is 1.20 bits per heavy atom. The van der Waals surface area contributed by atoms with Crippen LogP contribution >= 0.6 is 0 Å². The molecule has 0 aromatic heterocycles. The number of phenols is 2. The highest BCUT2D eigenvalue weighted by molar-refractivity contribution is 5.88. The van der Waals surface area contributed by atoms with Crippen molar-refractivity contribution < 1.29 is 38.7 Å². The van der Waals surface area contributed by atoms with Crippen LogP contribution in [0.15, 0.2) is 24.3 Å². The van der Waals surface area contributed by atoms with Gasteiger partial charge >= 0.3 is 0 Å². The lowest BCUT2D eigenvalue weighted by Crippen LogP contribution is -2.50. The quantitative estimate of drug-likeness (QED) is 0.295. The molecule has 10 heteroatoms. The number of carbonyl (C=O) groups is 2. The van der Waals surface area contributed by atoms with Gasteiger partial charge in [-0.1, -0.05) is 0 Å². The molecule has 0 saturated heterocycles. The Kier molecular flexibility index (Phi) is 9.50.